The molecule has 7 nitrogen and oxygen atoms in total. The maximum Gasteiger partial charge on any atom is 0.261 e. The summed E-state index contributed by atoms with van der Waals surface area (Å²) in [7, 11) is -1.97. The van der Waals surface area contributed by atoms with Crippen molar-refractivity contribution in [2.45, 2.75) is 11.4 Å². The molecule has 0 spiro atoms. The molecule has 2 heterocycles. The fraction of sp³-hybridized carbons (Fsp3) is 0.727. The van der Waals surface area contributed by atoms with Crippen molar-refractivity contribution in [3.63, 3.8) is 0 Å². The Bertz CT molecular complexity index is 539. The van der Waals surface area contributed by atoms with E-state index < -0.39 is 10.0 Å². The lowest BCUT2D eigenvalue weighted by Gasteiger charge is -2.26. The van der Waals surface area contributed by atoms with Crippen LogP contribution < -0.4 is 10.0 Å². The molecule has 1 saturated heterocycles. The molecule has 2 N–H and O–H groups in total. The van der Waals surface area contributed by atoms with Gasteiger partial charge in [-0.25, -0.2) is 18.1 Å². The number of halogens is 1. The van der Waals surface area contributed by atoms with E-state index in [4.69, 9.17) is 11.6 Å². The van der Waals surface area contributed by atoms with Crippen molar-refractivity contribution in [3.05, 3.63) is 11.5 Å². The van der Waals surface area contributed by atoms with E-state index in [0.29, 0.717) is 6.54 Å². The first kappa shape index (κ1) is 15.7. The van der Waals surface area contributed by atoms with Crippen LogP contribution in [0.25, 0.3) is 0 Å². The van der Waals surface area contributed by atoms with E-state index in [2.05, 4.69) is 19.9 Å². The minimum atomic E-state index is -3.62. The molecule has 1 fully saturated rings. The standard InChI is InChI=1S/C11H20ClN5O2S/c1-16-9-14-11(10(16)12)20(18,19)15-3-2-6-17-7-4-13-5-8-17/h9,13,15H,2-8H2,1H3. The van der Waals surface area contributed by atoms with Crippen molar-refractivity contribution in [1.82, 2.24) is 24.5 Å². The van der Waals surface area contributed by atoms with Crippen LogP contribution >= 0.6 is 11.6 Å². The highest BCUT2D eigenvalue weighted by Crippen LogP contribution is 2.17. The van der Waals surface area contributed by atoms with Crippen LogP contribution in [-0.2, 0) is 17.1 Å². The molecule has 9 heteroatoms. The Morgan fingerprint density at radius 2 is 2.15 bits per heavy atom. The smallest absolute Gasteiger partial charge is 0.261 e. The van der Waals surface area contributed by atoms with Crippen molar-refractivity contribution < 1.29 is 8.42 Å². The normalized spacial score (nSPS) is 17.5. The Labute approximate surface area is 124 Å². The zero-order valence-corrected chi connectivity index (χ0v) is 13.0. The van der Waals surface area contributed by atoms with Crippen molar-refractivity contribution >= 4 is 21.6 Å². The highest BCUT2D eigenvalue weighted by Gasteiger charge is 2.21. The Morgan fingerprint density at radius 1 is 1.45 bits per heavy atom. The van der Waals surface area contributed by atoms with Crippen LogP contribution in [0.5, 0.6) is 0 Å². The third kappa shape index (κ3) is 3.92. The number of hydrogen-bond acceptors (Lipinski definition) is 5. The van der Waals surface area contributed by atoms with Crippen LogP contribution in [0.3, 0.4) is 0 Å². The molecule has 0 saturated carbocycles. The molecular weight excluding hydrogens is 302 g/mol. The van der Waals surface area contributed by atoms with Crippen LogP contribution in [0.1, 0.15) is 6.42 Å². The van der Waals surface area contributed by atoms with E-state index in [1.54, 1.807) is 7.05 Å². The number of nitrogens with one attached hydrogen (secondary N) is 2. The highest BCUT2D eigenvalue weighted by molar-refractivity contribution is 7.89. The summed E-state index contributed by atoms with van der Waals surface area (Å²) in [5, 5.41) is 3.30. The van der Waals surface area contributed by atoms with Crippen molar-refractivity contribution in [3.8, 4) is 0 Å². The van der Waals surface area contributed by atoms with Crippen LogP contribution in [0.2, 0.25) is 5.15 Å². The first-order valence-electron chi connectivity index (χ1n) is 6.60. The quantitative estimate of drug-likeness (QED) is 0.700. The second kappa shape index (κ2) is 6.86. The van der Waals surface area contributed by atoms with Crippen molar-refractivity contribution in [2.75, 3.05) is 39.3 Å². The zero-order chi connectivity index (χ0) is 14.6. The van der Waals surface area contributed by atoms with Gasteiger partial charge in [-0.15, -0.1) is 0 Å². The Balaban J connectivity index is 1.79. The number of rotatable bonds is 6. The van der Waals surface area contributed by atoms with Crippen LogP contribution in [0.15, 0.2) is 11.4 Å². The lowest BCUT2D eigenvalue weighted by atomic mass is 10.3. The second-order valence-corrected chi connectivity index (χ2v) is 6.83. The molecule has 1 aromatic rings. The molecule has 114 valence electrons. The van der Waals surface area contributed by atoms with Gasteiger partial charge in [0.25, 0.3) is 10.0 Å². The van der Waals surface area contributed by atoms with Gasteiger partial charge in [0.1, 0.15) is 5.15 Å². The molecule has 0 aliphatic carbocycles. The number of imidazole rings is 1. The first-order chi connectivity index (χ1) is 9.50. The topological polar surface area (TPSA) is 79.3 Å². The lowest BCUT2D eigenvalue weighted by molar-refractivity contribution is 0.239. The molecule has 20 heavy (non-hydrogen) atoms. The van der Waals surface area contributed by atoms with Gasteiger partial charge in [0.05, 0.1) is 6.33 Å². The Kier molecular flexibility index (Phi) is 5.39. The molecule has 0 bridgehead atoms. The summed E-state index contributed by atoms with van der Waals surface area (Å²) >= 11 is 5.89. The first-order valence-corrected chi connectivity index (χ1v) is 8.46. The largest absolute Gasteiger partial charge is 0.324 e. The molecule has 0 unspecified atom stereocenters. The second-order valence-electron chi connectivity index (χ2n) is 4.79. The summed E-state index contributed by atoms with van der Waals surface area (Å²) in [5.41, 5.74) is 0. The lowest BCUT2D eigenvalue weighted by Crippen LogP contribution is -2.44. The molecule has 0 radical (unpaired) electrons. The number of nitrogens with zero attached hydrogens (tertiary/aromatic N) is 3. The predicted octanol–water partition coefficient (Wildman–Crippen LogP) is -0.353. The van der Waals surface area contributed by atoms with Gasteiger partial charge in [-0.3, -0.25) is 0 Å². The number of aryl methyl sites for hydroxylation is 1. The fourth-order valence-corrected chi connectivity index (χ4v) is 3.59. The summed E-state index contributed by atoms with van der Waals surface area (Å²) in [4.78, 5) is 6.14. The summed E-state index contributed by atoms with van der Waals surface area (Å²) in [6, 6.07) is 0. The van der Waals surface area contributed by atoms with Gasteiger partial charge in [0.2, 0.25) is 5.03 Å². The Morgan fingerprint density at radius 3 is 2.75 bits per heavy atom. The van der Waals surface area contributed by atoms with Gasteiger partial charge in [-0.1, -0.05) is 11.6 Å². The minimum absolute atomic E-state index is 0.108. The monoisotopic (exact) mass is 321 g/mol. The van der Waals surface area contributed by atoms with Crippen LogP contribution in [-0.4, -0.2) is 62.1 Å². The molecule has 1 aliphatic heterocycles. The number of piperazine rings is 1. The summed E-state index contributed by atoms with van der Waals surface area (Å²) in [6.07, 6.45) is 2.15. The minimum Gasteiger partial charge on any atom is -0.324 e. The van der Waals surface area contributed by atoms with E-state index in [-0.39, 0.29) is 10.2 Å². The maximum atomic E-state index is 12.0. The fourth-order valence-electron chi connectivity index (χ4n) is 2.09. The molecule has 0 aromatic carbocycles. The summed E-state index contributed by atoms with van der Waals surface area (Å²) < 4.78 is 28.1. The number of sulfonamides is 1. The number of aromatic nitrogens is 2. The third-order valence-corrected chi connectivity index (χ3v) is 5.19. The highest BCUT2D eigenvalue weighted by atomic mass is 35.5. The predicted molar refractivity (Wildman–Crippen MR) is 77.3 cm³/mol. The average molecular weight is 322 g/mol. The SMILES string of the molecule is Cn1cnc(S(=O)(=O)NCCCN2CCNCC2)c1Cl. The van der Waals surface area contributed by atoms with E-state index >= 15 is 0 Å². The molecule has 1 aromatic heterocycles. The van der Waals surface area contributed by atoms with Gasteiger partial charge in [0.15, 0.2) is 0 Å². The summed E-state index contributed by atoms with van der Waals surface area (Å²) in [6.45, 7) is 5.29. The van der Waals surface area contributed by atoms with Gasteiger partial charge >= 0.3 is 0 Å². The molecule has 1 aliphatic rings. The zero-order valence-electron chi connectivity index (χ0n) is 11.5. The molecule has 0 amide bonds. The molecular formula is C11H20ClN5O2S. The van der Waals surface area contributed by atoms with Crippen LogP contribution in [0, 0.1) is 0 Å². The number of hydrogen-bond donors (Lipinski definition) is 2. The van der Waals surface area contributed by atoms with Gasteiger partial charge in [-0.2, -0.15) is 0 Å². The summed E-state index contributed by atoms with van der Waals surface area (Å²) in [5.74, 6) is 0. The van der Waals surface area contributed by atoms with Gasteiger partial charge in [-0.05, 0) is 13.0 Å². The van der Waals surface area contributed by atoms with E-state index in [1.807, 2.05) is 0 Å². The van der Waals surface area contributed by atoms with E-state index in [9.17, 15) is 8.42 Å². The van der Waals surface area contributed by atoms with E-state index in [0.717, 1.165) is 39.1 Å². The van der Waals surface area contributed by atoms with Crippen molar-refractivity contribution in [1.29, 1.82) is 0 Å². The maximum absolute atomic E-state index is 12.0. The van der Waals surface area contributed by atoms with Crippen LogP contribution in [0.4, 0.5) is 0 Å². The van der Waals surface area contributed by atoms with Gasteiger partial charge in [0, 0.05) is 39.8 Å². The molecule has 0 atom stereocenters. The van der Waals surface area contributed by atoms with E-state index in [1.165, 1.54) is 10.9 Å². The Hall–Kier alpha value is -0.670. The van der Waals surface area contributed by atoms with Crippen molar-refractivity contribution in [2.24, 2.45) is 7.05 Å². The average Bonchev–Trinajstić information content (AvgIpc) is 2.77. The van der Waals surface area contributed by atoms with Gasteiger partial charge < -0.3 is 14.8 Å². The molecule has 2 rings (SSSR count). The third-order valence-electron chi connectivity index (χ3n) is 3.24.